The Morgan fingerprint density at radius 2 is 1.92 bits per heavy atom. The van der Waals surface area contributed by atoms with Gasteiger partial charge in [-0.05, 0) is 6.08 Å². The molecule has 0 aliphatic heterocycles. The van der Waals surface area contributed by atoms with Gasteiger partial charge in [0.2, 0.25) is 0 Å². The summed E-state index contributed by atoms with van der Waals surface area (Å²) in [6.07, 6.45) is 1.11. The standard InChI is InChI=1S/C8H7BF3N/c9-7(8(10,11)12)4-2-1-3-6(13)5-7/h1-5H,13H2. The van der Waals surface area contributed by atoms with Crippen molar-refractivity contribution in [2.45, 2.75) is 11.5 Å². The summed E-state index contributed by atoms with van der Waals surface area (Å²) in [5.41, 5.74) is 5.27. The van der Waals surface area contributed by atoms with E-state index >= 15 is 0 Å². The lowest BCUT2D eigenvalue weighted by atomic mass is 9.67. The van der Waals surface area contributed by atoms with Gasteiger partial charge in [0.25, 0.3) is 0 Å². The van der Waals surface area contributed by atoms with E-state index in [4.69, 9.17) is 13.6 Å². The van der Waals surface area contributed by atoms with Gasteiger partial charge in [0.05, 0.1) is 13.2 Å². The van der Waals surface area contributed by atoms with Crippen molar-refractivity contribution in [3.05, 3.63) is 36.1 Å². The summed E-state index contributed by atoms with van der Waals surface area (Å²) >= 11 is 0. The first-order valence-electron chi connectivity index (χ1n) is 3.55. The van der Waals surface area contributed by atoms with Crippen molar-refractivity contribution in [1.82, 2.24) is 0 Å². The number of hydrogen-bond donors (Lipinski definition) is 1. The average Bonchev–Trinajstić information content (AvgIpc) is 2.10. The van der Waals surface area contributed by atoms with E-state index < -0.39 is 11.5 Å². The molecule has 0 heterocycles. The van der Waals surface area contributed by atoms with Gasteiger partial charge in [-0.3, -0.25) is 0 Å². The van der Waals surface area contributed by atoms with Crippen LogP contribution in [0.4, 0.5) is 13.2 Å². The Kier molecular flexibility index (Phi) is 2.28. The summed E-state index contributed by atoms with van der Waals surface area (Å²) in [6.45, 7) is 0. The van der Waals surface area contributed by atoms with Crippen molar-refractivity contribution in [3.8, 4) is 0 Å². The third kappa shape index (κ3) is 1.97. The normalized spacial score (nSPS) is 28.4. The van der Waals surface area contributed by atoms with Gasteiger partial charge in [-0.15, -0.1) is 0 Å². The fraction of sp³-hybridized carbons (Fsp3) is 0.250. The molecule has 13 heavy (non-hydrogen) atoms. The van der Waals surface area contributed by atoms with Gasteiger partial charge >= 0.3 is 6.18 Å². The molecule has 1 aliphatic rings. The largest absolute Gasteiger partial charge is 0.399 e. The molecule has 68 valence electrons. The van der Waals surface area contributed by atoms with E-state index in [1.54, 1.807) is 0 Å². The van der Waals surface area contributed by atoms with Crippen LogP contribution in [-0.2, 0) is 0 Å². The molecule has 0 spiro atoms. The first kappa shape index (κ1) is 9.96. The van der Waals surface area contributed by atoms with Crippen LogP contribution in [0.15, 0.2) is 36.1 Å². The fourth-order valence-electron chi connectivity index (χ4n) is 0.930. The van der Waals surface area contributed by atoms with E-state index in [0.717, 1.165) is 12.2 Å². The maximum atomic E-state index is 12.4. The van der Waals surface area contributed by atoms with E-state index in [-0.39, 0.29) is 5.70 Å². The predicted octanol–water partition coefficient (Wildman–Crippen LogP) is 1.84. The molecule has 1 aliphatic carbocycles. The van der Waals surface area contributed by atoms with Crippen LogP contribution < -0.4 is 5.73 Å². The van der Waals surface area contributed by atoms with Gasteiger partial charge in [-0.2, -0.15) is 13.2 Å². The van der Waals surface area contributed by atoms with Crippen molar-refractivity contribution in [3.63, 3.8) is 0 Å². The highest BCUT2D eigenvalue weighted by Crippen LogP contribution is 2.45. The fourth-order valence-corrected chi connectivity index (χ4v) is 0.930. The molecule has 1 rings (SSSR count). The number of nitrogens with two attached hydrogens (primary N) is 1. The zero-order chi connectivity index (χ0) is 10.1. The summed E-state index contributed by atoms with van der Waals surface area (Å²) in [7, 11) is 5.12. The van der Waals surface area contributed by atoms with Gasteiger partial charge in [0, 0.05) is 5.70 Å². The minimum atomic E-state index is -4.53. The molecular weight excluding hydrogens is 178 g/mol. The first-order chi connectivity index (χ1) is 5.85. The van der Waals surface area contributed by atoms with Crippen molar-refractivity contribution in [1.29, 1.82) is 0 Å². The van der Waals surface area contributed by atoms with Gasteiger partial charge in [-0.25, -0.2) is 0 Å². The second-order valence-electron chi connectivity index (χ2n) is 2.79. The predicted molar refractivity (Wildman–Crippen MR) is 45.1 cm³/mol. The highest BCUT2D eigenvalue weighted by atomic mass is 19.4. The van der Waals surface area contributed by atoms with Crippen LogP contribution in [-0.4, -0.2) is 14.0 Å². The Balaban J connectivity index is 3.11. The number of alkyl halides is 3. The van der Waals surface area contributed by atoms with Crippen molar-refractivity contribution in [2.24, 2.45) is 5.73 Å². The van der Waals surface area contributed by atoms with Crippen LogP contribution in [0.25, 0.3) is 0 Å². The first-order valence-corrected chi connectivity index (χ1v) is 3.55. The molecule has 0 saturated heterocycles. The monoisotopic (exact) mass is 185 g/mol. The molecule has 0 aromatic carbocycles. The Hall–Kier alpha value is -1.13. The summed E-state index contributed by atoms with van der Waals surface area (Å²) in [4.78, 5) is 0. The lowest BCUT2D eigenvalue weighted by Gasteiger charge is -2.25. The minimum absolute atomic E-state index is 0.00447. The Labute approximate surface area is 75.2 Å². The van der Waals surface area contributed by atoms with Crippen LogP contribution >= 0.6 is 0 Å². The lowest BCUT2D eigenvalue weighted by molar-refractivity contribution is -0.142. The smallest absolute Gasteiger partial charge is 0.393 e. The van der Waals surface area contributed by atoms with Crippen LogP contribution in [0.3, 0.4) is 0 Å². The topological polar surface area (TPSA) is 26.0 Å². The summed E-state index contributed by atoms with van der Waals surface area (Å²) in [6, 6.07) is 0. The zero-order valence-electron chi connectivity index (χ0n) is 6.68. The molecule has 1 nitrogen and oxygen atoms in total. The quantitative estimate of drug-likeness (QED) is 0.572. The summed E-state index contributed by atoms with van der Waals surface area (Å²) < 4.78 is 37.1. The maximum absolute atomic E-state index is 12.4. The molecule has 0 amide bonds. The van der Waals surface area contributed by atoms with E-state index in [0.29, 0.717) is 0 Å². The van der Waals surface area contributed by atoms with Crippen molar-refractivity contribution in [2.75, 3.05) is 0 Å². The molecule has 0 aromatic heterocycles. The van der Waals surface area contributed by atoms with Gasteiger partial charge in [-0.1, -0.05) is 24.3 Å². The maximum Gasteiger partial charge on any atom is 0.393 e. The molecule has 0 saturated carbocycles. The van der Waals surface area contributed by atoms with Gasteiger partial charge < -0.3 is 5.73 Å². The van der Waals surface area contributed by atoms with E-state index in [9.17, 15) is 13.2 Å². The Morgan fingerprint density at radius 1 is 1.31 bits per heavy atom. The molecule has 5 heteroatoms. The SMILES string of the molecule is [B]C1(C(F)(F)F)C=CC=CC(N)=C1. The number of hydrogen-bond acceptors (Lipinski definition) is 1. The van der Waals surface area contributed by atoms with E-state index in [1.807, 2.05) is 0 Å². The van der Waals surface area contributed by atoms with Crippen molar-refractivity contribution < 1.29 is 13.2 Å². The minimum Gasteiger partial charge on any atom is -0.399 e. The molecular formula is C8H7BF3N. The number of halogens is 3. The second-order valence-corrected chi connectivity index (χ2v) is 2.79. The van der Waals surface area contributed by atoms with Gasteiger partial charge in [0.1, 0.15) is 0 Å². The van der Waals surface area contributed by atoms with Crippen molar-refractivity contribution >= 4 is 7.85 Å². The van der Waals surface area contributed by atoms with Gasteiger partial charge in [0.15, 0.2) is 0 Å². The Morgan fingerprint density at radius 3 is 2.46 bits per heavy atom. The van der Waals surface area contributed by atoms with E-state index in [1.165, 1.54) is 18.2 Å². The van der Waals surface area contributed by atoms with E-state index in [2.05, 4.69) is 0 Å². The van der Waals surface area contributed by atoms with Crippen LogP contribution in [0, 0.1) is 0 Å². The molecule has 0 aromatic rings. The Bertz CT molecular complexity index is 290. The number of allylic oxidation sites excluding steroid dienone is 5. The highest BCUT2D eigenvalue weighted by Gasteiger charge is 2.47. The molecule has 1 atom stereocenters. The molecule has 2 N–H and O–H groups in total. The van der Waals surface area contributed by atoms with Crippen LogP contribution in [0.2, 0.25) is 5.31 Å². The summed E-state index contributed by atoms with van der Waals surface area (Å²) in [5.74, 6) is 0. The van der Waals surface area contributed by atoms with Crippen LogP contribution in [0.5, 0.6) is 0 Å². The lowest BCUT2D eigenvalue weighted by Crippen LogP contribution is -2.28. The average molecular weight is 185 g/mol. The molecule has 1 unspecified atom stereocenters. The van der Waals surface area contributed by atoms with Crippen LogP contribution in [0.1, 0.15) is 0 Å². The summed E-state index contributed by atoms with van der Waals surface area (Å²) in [5, 5.41) is -2.46. The zero-order valence-corrected chi connectivity index (χ0v) is 6.68. The second kappa shape index (κ2) is 2.98. The number of rotatable bonds is 0. The molecule has 0 fully saturated rings. The third-order valence-corrected chi connectivity index (χ3v) is 1.67. The highest BCUT2D eigenvalue weighted by molar-refractivity contribution is 6.19. The molecule has 2 radical (unpaired) electrons. The molecule has 0 bridgehead atoms. The third-order valence-electron chi connectivity index (χ3n) is 1.67.